The van der Waals surface area contributed by atoms with Gasteiger partial charge in [-0.05, 0) is 43.5 Å². The van der Waals surface area contributed by atoms with Crippen LogP contribution in [0.15, 0.2) is 36.5 Å². The predicted molar refractivity (Wildman–Crippen MR) is 101 cm³/mol. The van der Waals surface area contributed by atoms with E-state index < -0.39 is 0 Å². The molecule has 0 spiro atoms. The largest absolute Gasteiger partial charge is 0.330 e. The summed E-state index contributed by atoms with van der Waals surface area (Å²) in [4.78, 5) is 11.8. The van der Waals surface area contributed by atoms with Crippen molar-refractivity contribution in [2.75, 3.05) is 4.90 Å². The zero-order chi connectivity index (χ0) is 18.4. The van der Waals surface area contributed by atoms with Crippen molar-refractivity contribution < 1.29 is 4.39 Å². The summed E-state index contributed by atoms with van der Waals surface area (Å²) >= 11 is 0. The molecule has 0 N–H and O–H groups in total. The summed E-state index contributed by atoms with van der Waals surface area (Å²) in [5, 5.41) is 4.52. The lowest BCUT2D eigenvalue weighted by Gasteiger charge is -2.26. The van der Waals surface area contributed by atoms with Crippen LogP contribution in [0, 0.1) is 12.7 Å². The minimum Gasteiger partial charge on any atom is -0.330 e. The van der Waals surface area contributed by atoms with Gasteiger partial charge in [-0.1, -0.05) is 18.6 Å². The Hall–Kier alpha value is -2.76. The van der Waals surface area contributed by atoms with Crippen LogP contribution in [0.25, 0.3) is 0 Å². The van der Waals surface area contributed by atoms with Gasteiger partial charge in [-0.25, -0.2) is 14.4 Å². The highest BCUT2D eigenvalue weighted by Gasteiger charge is 2.27. The van der Waals surface area contributed by atoms with Crippen LogP contribution in [-0.2, 0) is 19.6 Å². The minimum absolute atomic E-state index is 0.213. The number of aryl methyl sites for hydroxylation is 1. The molecule has 0 bridgehead atoms. The fraction of sp³-hybridized carbons (Fsp3) is 0.381. The number of anilines is 1. The molecule has 0 unspecified atom stereocenters. The zero-order valence-corrected chi connectivity index (χ0v) is 15.4. The average Bonchev–Trinajstić information content (AvgIpc) is 3.17. The Bertz CT molecular complexity index is 975. The molecular weight excluding hydrogens is 341 g/mol. The van der Waals surface area contributed by atoms with E-state index in [1.807, 2.05) is 29.9 Å². The molecule has 27 heavy (non-hydrogen) atoms. The summed E-state index contributed by atoms with van der Waals surface area (Å²) in [5.74, 6) is 1.21. The van der Waals surface area contributed by atoms with Gasteiger partial charge in [-0.3, -0.25) is 4.68 Å². The summed E-state index contributed by atoms with van der Waals surface area (Å²) in [6, 6.07) is 8.74. The van der Waals surface area contributed by atoms with Gasteiger partial charge >= 0.3 is 0 Å². The third kappa shape index (κ3) is 3.09. The van der Waals surface area contributed by atoms with Crippen molar-refractivity contribution in [2.24, 2.45) is 0 Å². The van der Waals surface area contributed by atoms with E-state index in [9.17, 15) is 4.39 Å². The number of hydrogen-bond donors (Lipinski definition) is 0. The number of nitrogens with zero attached hydrogens (tertiary/aromatic N) is 5. The molecule has 0 amide bonds. The van der Waals surface area contributed by atoms with Crippen molar-refractivity contribution in [3.63, 3.8) is 0 Å². The van der Waals surface area contributed by atoms with Crippen molar-refractivity contribution >= 4 is 5.95 Å². The van der Waals surface area contributed by atoms with Crippen molar-refractivity contribution in [1.29, 1.82) is 0 Å². The maximum Gasteiger partial charge on any atom is 0.226 e. The second-order valence-corrected chi connectivity index (χ2v) is 7.62. The SMILES string of the molecule is Cc1cc(C2CCC2)nc(N2Cc3cnn(Cc4ccc(F)cc4)c3C2)n1. The molecule has 3 heterocycles. The highest BCUT2D eigenvalue weighted by molar-refractivity contribution is 5.42. The molecule has 2 aromatic heterocycles. The highest BCUT2D eigenvalue weighted by atomic mass is 19.1. The Labute approximate surface area is 157 Å². The predicted octanol–water partition coefficient (Wildman–Crippen LogP) is 3.96. The minimum atomic E-state index is -0.213. The Morgan fingerprint density at radius 3 is 2.67 bits per heavy atom. The smallest absolute Gasteiger partial charge is 0.226 e. The second kappa shape index (κ2) is 6.44. The maximum absolute atomic E-state index is 13.1. The van der Waals surface area contributed by atoms with E-state index in [-0.39, 0.29) is 5.82 Å². The lowest BCUT2D eigenvalue weighted by molar-refractivity contribution is 0.410. The van der Waals surface area contributed by atoms with Crippen LogP contribution in [0.4, 0.5) is 10.3 Å². The fourth-order valence-corrected chi connectivity index (χ4v) is 3.88. The van der Waals surface area contributed by atoms with Gasteiger partial charge in [-0.2, -0.15) is 5.10 Å². The first-order chi connectivity index (χ1) is 13.2. The molecule has 1 aromatic carbocycles. The molecule has 1 aliphatic carbocycles. The molecule has 6 heteroatoms. The number of benzene rings is 1. The number of halogens is 1. The molecule has 1 saturated carbocycles. The molecule has 3 aromatic rings. The monoisotopic (exact) mass is 363 g/mol. The Kier molecular flexibility index (Phi) is 3.92. The molecule has 138 valence electrons. The average molecular weight is 363 g/mol. The number of rotatable bonds is 4. The van der Waals surface area contributed by atoms with E-state index in [0.29, 0.717) is 12.5 Å². The molecule has 1 aliphatic heterocycles. The van der Waals surface area contributed by atoms with E-state index in [0.717, 1.165) is 30.3 Å². The quantitative estimate of drug-likeness (QED) is 0.704. The van der Waals surface area contributed by atoms with E-state index in [4.69, 9.17) is 4.98 Å². The number of aromatic nitrogens is 4. The molecule has 5 nitrogen and oxygen atoms in total. The van der Waals surface area contributed by atoms with Crippen molar-refractivity contribution in [1.82, 2.24) is 19.7 Å². The maximum atomic E-state index is 13.1. The lowest BCUT2D eigenvalue weighted by atomic mass is 9.83. The van der Waals surface area contributed by atoms with Gasteiger partial charge in [0.2, 0.25) is 5.95 Å². The summed E-state index contributed by atoms with van der Waals surface area (Å²) in [7, 11) is 0. The Balaban J connectivity index is 1.37. The topological polar surface area (TPSA) is 46.8 Å². The number of fused-ring (bicyclic) bond motifs is 1. The van der Waals surface area contributed by atoms with Gasteiger partial charge in [0.25, 0.3) is 0 Å². The summed E-state index contributed by atoms with van der Waals surface area (Å²) in [5.41, 5.74) is 5.67. The first-order valence-corrected chi connectivity index (χ1v) is 9.54. The van der Waals surface area contributed by atoms with E-state index in [1.54, 1.807) is 0 Å². The van der Waals surface area contributed by atoms with Gasteiger partial charge in [0, 0.05) is 29.4 Å². The van der Waals surface area contributed by atoms with Gasteiger partial charge in [0.1, 0.15) is 5.82 Å². The third-order valence-corrected chi connectivity index (χ3v) is 5.65. The standard InChI is InChI=1S/C21H22FN5/c1-14-9-19(16-3-2-4-16)25-21(24-14)26-12-17-10-23-27(20(17)13-26)11-15-5-7-18(22)8-6-15/h5-10,16H,2-4,11-13H2,1H3. The van der Waals surface area contributed by atoms with Crippen molar-refractivity contribution in [2.45, 2.75) is 51.7 Å². The van der Waals surface area contributed by atoms with Gasteiger partial charge in [0.05, 0.1) is 25.0 Å². The van der Waals surface area contributed by atoms with Crippen LogP contribution in [0.5, 0.6) is 0 Å². The van der Waals surface area contributed by atoms with Crippen LogP contribution < -0.4 is 4.90 Å². The van der Waals surface area contributed by atoms with E-state index >= 15 is 0 Å². The zero-order valence-electron chi connectivity index (χ0n) is 15.4. The first-order valence-electron chi connectivity index (χ1n) is 9.54. The highest BCUT2D eigenvalue weighted by Crippen LogP contribution is 2.36. The molecule has 0 saturated heterocycles. The third-order valence-electron chi connectivity index (χ3n) is 5.65. The van der Waals surface area contributed by atoms with Gasteiger partial charge < -0.3 is 4.90 Å². The molecule has 1 fully saturated rings. The van der Waals surface area contributed by atoms with Crippen LogP contribution in [0.3, 0.4) is 0 Å². The summed E-state index contributed by atoms with van der Waals surface area (Å²) < 4.78 is 15.1. The Morgan fingerprint density at radius 1 is 1.11 bits per heavy atom. The van der Waals surface area contributed by atoms with E-state index in [1.165, 1.54) is 48.3 Å². The lowest BCUT2D eigenvalue weighted by Crippen LogP contribution is -2.21. The molecule has 0 radical (unpaired) electrons. The normalized spacial score (nSPS) is 16.4. The summed E-state index contributed by atoms with van der Waals surface area (Å²) in [6.45, 7) is 4.23. The molecule has 5 rings (SSSR count). The molecule has 0 atom stereocenters. The van der Waals surface area contributed by atoms with Crippen LogP contribution in [0.1, 0.15) is 53.4 Å². The first kappa shape index (κ1) is 16.4. The number of hydrogen-bond acceptors (Lipinski definition) is 4. The van der Waals surface area contributed by atoms with Crippen molar-refractivity contribution in [3.8, 4) is 0 Å². The van der Waals surface area contributed by atoms with E-state index in [2.05, 4.69) is 21.0 Å². The summed E-state index contributed by atoms with van der Waals surface area (Å²) in [6.07, 6.45) is 5.71. The van der Waals surface area contributed by atoms with Gasteiger partial charge in [-0.15, -0.1) is 0 Å². The molecule has 2 aliphatic rings. The fourth-order valence-electron chi connectivity index (χ4n) is 3.88. The van der Waals surface area contributed by atoms with Crippen LogP contribution in [0.2, 0.25) is 0 Å². The second-order valence-electron chi connectivity index (χ2n) is 7.62. The molecular formula is C21H22FN5. The van der Waals surface area contributed by atoms with Crippen molar-refractivity contribution in [3.05, 3.63) is 70.6 Å². The van der Waals surface area contributed by atoms with Gasteiger partial charge in [0.15, 0.2) is 0 Å². The van der Waals surface area contributed by atoms with Crippen LogP contribution >= 0.6 is 0 Å². The van der Waals surface area contributed by atoms with Crippen LogP contribution in [-0.4, -0.2) is 19.7 Å². The Morgan fingerprint density at radius 2 is 1.93 bits per heavy atom.